The van der Waals surface area contributed by atoms with E-state index >= 15 is 0 Å². The van der Waals surface area contributed by atoms with Crippen molar-refractivity contribution in [2.45, 2.75) is 32.5 Å². The van der Waals surface area contributed by atoms with E-state index in [1.807, 2.05) is 13.8 Å². The molecule has 1 unspecified atom stereocenters. The third-order valence-corrected chi connectivity index (χ3v) is 2.96. The minimum absolute atomic E-state index is 0.0103. The van der Waals surface area contributed by atoms with Crippen molar-refractivity contribution in [3.8, 4) is 0 Å². The Hall–Kier alpha value is -1.43. The minimum atomic E-state index is -4.39. The van der Waals surface area contributed by atoms with Crippen LogP contribution in [0.15, 0.2) is 18.2 Å². The largest absolute Gasteiger partial charge is 0.416 e. The average molecular weight is 276 g/mol. The van der Waals surface area contributed by atoms with E-state index in [2.05, 4.69) is 5.32 Å². The second-order valence-corrected chi connectivity index (χ2v) is 4.81. The van der Waals surface area contributed by atoms with Gasteiger partial charge in [-0.05, 0) is 30.5 Å². The summed E-state index contributed by atoms with van der Waals surface area (Å²) in [5.41, 5.74) is 5.39. The van der Waals surface area contributed by atoms with Crippen LogP contribution in [0.5, 0.6) is 0 Å². The highest BCUT2D eigenvalue weighted by Crippen LogP contribution is 2.33. The molecule has 1 rings (SSSR count). The first-order chi connectivity index (χ1) is 8.75. The molecule has 19 heavy (non-hydrogen) atoms. The topological polar surface area (TPSA) is 58.3 Å². The molecular formula is C13H19F3N2O. The van der Waals surface area contributed by atoms with Crippen LogP contribution >= 0.6 is 0 Å². The predicted octanol–water partition coefficient (Wildman–Crippen LogP) is 3.11. The number of anilines is 2. The van der Waals surface area contributed by atoms with Gasteiger partial charge in [0.15, 0.2) is 0 Å². The van der Waals surface area contributed by atoms with Gasteiger partial charge in [-0.15, -0.1) is 0 Å². The Morgan fingerprint density at radius 3 is 2.37 bits per heavy atom. The predicted molar refractivity (Wildman–Crippen MR) is 69.8 cm³/mol. The van der Waals surface area contributed by atoms with Crippen LogP contribution in [0.2, 0.25) is 0 Å². The summed E-state index contributed by atoms with van der Waals surface area (Å²) in [4.78, 5) is 0. The number of aliphatic hydroxyl groups excluding tert-OH is 1. The van der Waals surface area contributed by atoms with Crippen LogP contribution in [0.3, 0.4) is 0 Å². The molecule has 0 saturated carbocycles. The van der Waals surface area contributed by atoms with Gasteiger partial charge in [-0.3, -0.25) is 0 Å². The Labute approximate surface area is 110 Å². The number of nitrogen functional groups attached to an aromatic ring is 1. The number of rotatable bonds is 5. The van der Waals surface area contributed by atoms with Crippen molar-refractivity contribution in [3.05, 3.63) is 23.8 Å². The summed E-state index contributed by atoms with van der Waals surface area (Å²) in [6.45, 7) is 3.94. The highest BCUT2D eigenvalue weighted by molar-refractivity contribution is 5.67. The third-order valence-electron chi connectivity index (χ3n) is 2.96. The molecule has 0 aliphatic heterocycles. The number of nitrogens with one attached hydrogen (secondary N) is 1. The van der Waals surface area contributed by atoms with Gasteiger partial charge in [0.25, 0.3) is 0 Å². The van der Waals surface area contributed by atoms with E-state index in [1.165, 1.54) is 6.07 Å². The van der Waals surface area contributed by atoms with Crippen LogP contribution in [0.1, 0.15) is 25.8 Å². The molecule has 0 bridgehead atoms. The number of benzene rings is 1. The van der Waals surface area contributed by atoms with Crippen molar-refractivity contribution in [3.63, 3.8) is 0 Å². The zero-order valence-corrected chi connectivity index (χ0v) is 11.0. The van der Waals surface area contributed by atoms with Crippen molar-refractivity contribution in [1.82, 2.24) is 0 Å². The van der Waals surface area contributed by atoms with E-state index in [0.29, 0.717) is 12.1 Å². The highest BCUT2D eigenvalue weighted by atomic mass is 19.4. The Morgan fingerprint density at radius 2 is 1.95 bits per heavy atom. The first-order valence-electron chi connectivity index (χ1n) is 6.09. The molecule has 3 nitrogen and oxygen atoms in total. The van der Waals surface area contributed by atoms with Gasteiger partial charge in [0.2, 0.25) is 0 Å². The summed E-state index contributed by atoms with van der Waals surface area (Å²) in [6.07, 6.45) is -3.88. The molecule has 0 amide bonds. The summed E-state index contributed by atoms with van der Waals surface area (Å²) >= 11 is 0. The van der Waals surface area contributed by atoms with Gasteiger partial charge in [-0.2, -0.15) is 13.2 Å². The van der Waals surface area contributed by atoms with Gasteiger partial charge in [0.1, 0.15) is 0 Å². The van der Waals surface area contributed by atoms with Gasteiger partial charge < -0.3 is 16.2 Å². The molecule has 0 aromatic heterocycles. The average Bonchev–Trinajstić information content (AvgIpc) is 2.29. The standard InChI is InChI=1S/C13H19F3N2O/c1-8(2)11(5-6-19)18-12-4-3-9(7-10(12)17)13(14,15)16/h3-4,7-8,11,18-19H,5-6,17H2,1-2H3. The van der Waals surface area contributed by atoms with Crippen molar-refractivity contribution >= 4 is 11.4 Å². The fraction of sp³-hybridized carbons (Fsp3) is 0.538. The van der Waals surface area contributed by atoms with Crippen LogP contribution in [0.4, 0.5) is 24.5 Å². The molecule has 6 heteroatoms. The Bertz CT molecular complexity index is 419. The highest BCUT2D eigenvalue weighted by Gasteiger charge is 2.30. The molecule has 1 aromatic carbocycles. The second kappa shape index (κ2) is 6.14. The van der Waals surface area contributed by atoms with E-state index in [4.69, 9.17) is 10.8 Å². The van der Waals surface area contributed by atoms with Gasteiger partial charge in [-0.25, -0.2) is 0 Å². The van der Waals surface area contributed by atoms with E-state index in [-0.39, 0.29) is 24.3 Å². The monoisotopic (exact) mass is 276 g/mol. The van der Waals surface area contributed by atoms with Crippen molar-refractivity contribution in [1.29, 1.82) is 0 Å². The van der Waals surface area contributed by atoms with Crippen LogP contribution < -0.4 is 11.1 Å². The van der Waals surface area contributed by atoms with Crippen LogP contribution in [-0.4, -0.2) is 17.8 Å². The third kappa shape index (κ3) is 4.31. The van der Waals surface area contributed by atoms with Crippen molar-refractivity contribution in [2.24, 2.45) is 5.92 Å². The zero-order chi connectivity index (χ0) is 14.6. The molecule has 0 fully saturated rings. The molecule has 108 valence electrons. The summed E-state index contributed by atoms with van der Waals surface area (Å²) in [5.74, 6) is 0.230. The number of hydrogen-bond acceptors (Lipinski definition) is 3. The molecule has 0 aliphatic rings. The molecule has 0 saturated heterocycles. The van der Waals surface area contributed by atoms with Crippen LogP contribution in [0.25, 0.3) is 0 Å². The summed E-state index contributed by atoms with van der Waals surface area (Å²) in [6, 6.07) is 3.20. The van der Waals surface area contributed by atoms with E-state index in [0.717, 1.165) is 12.1 Å². The smallest absolute Gasteiger partial charge is 0.397 e. The quantitative estimate of drug-likeness (QED) is 0.724. The van der Waals surface area contributed by atoms with Gasteiger partial charge in [0, 0.05) is 12.6 Å². The maximum Gasteiger partial charge on any atom is 0.416 e. The molecule has 0 spiro atoms. The molecule has 0 heterocycles. The zero-order valence-electron chi connectivity index (χ0n) is 11.0. The van der Waals surface area contributed by atoms with Gasteiger partial charge in [-0.1, -0.05) is 13.8 Å². The Balaban J connectivity index is 2.90. The lowest BCUT2D eigenvalue weighted by atomic mass is 10.0. The number of nitrogens with two attached hydrogens (primary N) is 1. The lowest BCUT2D eigenvalue weighted by Gasteiger charge is -2.24. The minimum Gasteiger partial charge on any atom is -0.397 e. The maximum absolute atomic E-state index is 12.5. The normalized spacial score (nSPS) is 13.6. The lowest BCUT2D eigenvalue weighted by molar-refractivity contribution is -0.137. The van der Waals surface area contributed by atoms with Crippen LogP contribution in [-0.2, 0) is 6.18 Å². The summed E-state index contributed by atoms with van der Waals surface area (Å²) in [7, 11) is 0. The second-order valence-electron chi connectivity index (χ2n) is 4.81. The maximum atomic E-state index is 12.5. The van der Waals surface area contributed by atoms with E-state index < -0.39 is 11.7 Å². The Kier molecular flexibility index (Phi) is 5.05. The fourth-order valence-corrected chi connectivity index (χ4v) is 1.78. The molecule has 0 aliphatic carbocycles. The molecule has 1 aromatic rings. The van der Waals surface area contributed by atoms with Gasteiger partial charge in [0.05, 0.1) is 16.9 Å². The van der Waals surface area contributed by atoms with Crippen LogP contribution in [0, 0.1) is 5.92 Å². The molecule has 0 radical (unpaired) electrons. The van der Waals surface area contributed by atoms with Crippen molar-refractivity contribution < 1.29 is 18.3 Å². The first-order valence-corrected chi connectivity index (χ1v) is 6.09. The lowest BCUT2D eigenvalue weighted by Crippen LogP contribution is -2.27. The molecule has 1 atom stereocenters. The number of halogens is 3. The Morgan fingerprint density at radius 1 is 1.32 bits per heavy atom. The van der Waals surface area contributed by atoms with Gasteiger partial charge >= 0.3 is 6.18 Å². The first kappa shape index (κ1) is 15.6. The van der Waals surface area contributed by atoms with E-state index in [1.54, 1.807) is 0 Å². The summed E-state index contributed by atoms with van der Waals surface area (Å²) < 4.78 is 37.5. The van der Waals surface area contributed by atoms with E-state index in [9.17, 15) is 13.2 Å². The molecular weight excluding hydrogens is 257 g/mol. The number of alkyl halides is 3. The fourth-order valence-electron chi connectivity index (χ4n) is 1.78. The summed E-state index contributed by atoms with van der Waals surface area (Å²) in [5, 5.41) is 12.0. The SMILES string of the molecule is CC(C)C(CCO)Nc1ccc(C(F)(F)F)cc1N. The number of aliphatic hydroxyl groups is 1. The molecule has 4 N–H and O–H groups in total. The van der Waals surface area contributed by atoms with Crippen molar-refractivity contribution in [2.75, 3.05) is 17.7 Å². The number of hydrogen-bond donors (Lipinski definition) is 3.